The van der Waals surface area contributed by atoms with Crippen molar-refractivity contribution < 1.29 is 0 Å². The van der Waals surface area contributed by atoms with E-state index in [-0.39, 0.29) is 5.38 Å². The van der Waals surface area contributed by atoms with Crippen LogP contribution in [0.4, 0.5) is 0 Å². The van der Waals surface area contributed by atoms with Crippen LogP contribution in [-0.4, -0.2) is 24.5 Å². The Hall–Kier alpha value is -0.530. The number of benzene rings is 1. The zero-order valence-electron chi connectivity index (χ0n) is 8.32. The first-order chi connectivity index (χ1) is 6.86. The summed E-state index contributed by atoms with van der Waals surface area (Å²) in [6, 6.07) is 10.3. The summed E-state index contributed by atoms with van der Waals surface area (Å²) in [6.07, 6.45) is 2.66. The lowest BCUT2D eigenvalue weighted by atomic mass is 10.1. The largest absolute Gasteiger partial charge is 0.302 e. The number of nitrogens with zero attached hydrogens (tertiary/aromatic N) is 1. The molecule has 0 unspecified atom stereocenters. The number of rotatable bonds is 3. The Labute approximate surface area is 90.7 Å². The highest BCUT2D eigenvalue weighted by Crippen LogP contribution is 2.22. The first kappa shape index (κ1) is 10.0. The van der Waals surface area contributed by atoms with Gasteiger partial charge in [0.15, 0.2) is 0 Å². The van der Waals surface area contributed by atoms with Crippen LogP contribution in [0.25, 0.3) is 0 Å². The minimum Gasteiger partial charge on any atom is -0.302 e. The molecule has 1 nitrogen and oxygen atoms in total. The molecule has 0 saturated carbocycles. The average molecular weight is 210 g/mol. The van der Waals surface area contributed by atoms with Crippen molar-refractivity contribution >= 4 is 11.6 Å². The normalized spacial score (nSPS) is 19.8. The molecule has 0 bridgehead atoms. The van der Waals surface area contributed by atoms with Crippen LogP contribution in [0, 0.1) is 0 Å². The van der Waals surface area contributed by atoms with Gasteiger partial charge < -0.3 is 4.90 Å². The summed E-state index contributed by atoms with van der Waals surface area (Å²) in [5.74, 6) is 0. The average Bonchev–Trinajstić information content (AvgIpc) is 2.72. The van der Waals surface area contributed by atoms with Crippen molar-refractivity contribution in [3.63, 3.8) is 0 Å². The Balaban J connectivity index is 1.92. The van der Waals surface area contributed by atoms with Gasteiger partial charge >= 0.3 is 0 Å². The number of hydrogen-bond acceptors (Lipinski definition) is 1. The molecule has 0 spiro atoms. The molecule has 0 aromatic heterocycles. The third kappa shape index (κ3) is 2.49. The fourth-order valence-electron chi connectivity index (χ4n) is 1.96. The van der Waals surface area contributed by atoms with Crippen molar-refractivity contribution in [2.75, 3.05) is 19.6 Å². The van der Waals surface area contributed by atoms with Crippen LogP contribution in [0.1, 0.15) is 23.8 Å². The number of likely N-dealkylation sites (tertiary alicyclic amines) is 1. The fraction of sp³-hybridized carbons (Fsp3) is 0.500. The van der Waals surface area contributed by atoms with E-state index in [1.807, 2.05) is 6.07 Å². The second-order valence-corrected chi connectivity index (χ2v) is 4.41. The summed E-state index contributed by atoms with van der Waals surface area (Å²) in [4.78, 5) is 2.45. The summed E-state index contributed by atoms with van der Waals surface area (Å²) in [7, 11) is 0. The van der Waals surface area contributed by atoms with Gasteiger partial charge in [-0.25, -0.2) is 0 Å². The third-order valence-electron chi connectivity index (χ3n) is 2.78. The highest BCUT2D eigenvalue weighted by Gasteiger charge is 2.16. The smallest absolute Gasteiger partial charge is 0.0712 e. The van der Waals surface area contributed by atoms with Crippen molar-refractivity contribution in [1.29, 1.82) is 0 Å². The maximum Gasteiger partial charge on any atom is 0.0712 e. The van der Waals surface area contributed by atoms with Crippen LogP contribution in [0.15, 0.2) is 30.3 Å². The second kappa shape index (κ2) is 4.81. The standard InChI is InChI=1S/C12H16ClN/c13-12(10-14-8-4-5-9-14)11-6-2-1-3-7-11/h1-3,6-7,12H,4-5,8-10H2/t12-/m1/s1. The van der Waals surface area contributed by atoms with Gasteiger partial charge in [0.2, 0.25) is 0 Å². The molecule has 1 heterocycles. The van der Waals surface area contributed by atoms with Crippen LogP contribution in [0.2, 0.25) is 0 Å². The molecule has 0 N–H and O–H groups in total. The molecule has 2 rings (SSSR count). The molecular weight excluding hydrogens is 194 g/mol. The Bertz CT molecular complexity index is 267. The summed E-state index contributed by atoms with van der Waals surface area (Å²) >= 11 is 6.34. The van der Waals surface area contributed by atoms with E-state index < -0.39 is 0 Å². The molecule has 14 heavy (non-hydrogen) atoms. The molecule has 0 aliphatic carbocycles. The summed E-state index contributed by atoms with van der Waals surface area (Å²) in [6.45, 7) is 3.43. The van der Waals surface area contributed by atoms with Crippen LogP contribution < -0.4 is 0 Å². The first-order valence-electron chi connectivity index (χ1n) is 5.27. The van der Waals surface area contributed by atoms with Gasteiger partial charge in [-0.1, -0.05) is 30.3 Å². The monoisotopic (exact) mass is 209 g/mol. The molecule has 1 aliphatic rings. The molecule has 1 aromatic rings. The maximum absolute atomic E-state index is 6.34. The Kier molecular flexibility index (Phi) is 3.44. The van der Waals surface area contributed by atoms with E-state index in [9.17, 15) is 0 Å². The molecule has 1 saturated heterocycles. The predicted octanol–water partition coefficient (Wildman–Crippen LogP) is 3.06. The maximum atomic E-state index is 6.34. The molecule has 1 atom stereocenters. The fourth-order valence-corrected chi connectivity index (χ4v) is 2.30. The van der Waals surface area contributed by atoms with Crippen LogP contribution in [0.5, 0.6) is 0 Å². The van der Waals surface area contributed by atoms with Gasteiger partial charge in [0.05, 0.1) is 5.38 Å². The van der Waals surface area contributed by atoms with E-state index in [4.69, 9.17) is 11.6 Å². The molecule has 1 aliphatic heterocycles. The van der Waals surface area contributed by atoms with E-state index in [1.165, 1.54) is 31.5 Å². The Morgan fingerprint density at radius 2 is 1.79 bits per heavy atom. The summed E-state index contributed by atoms with van der Waals surface area (Å²) in [5.41, 5.74) is 1.24. The Morgan fingerprint density at radius 3 is 2.43 bits per heavy atom. The van der Waals surface area contributed by atoms with Gasteiger partial charge in [0.25, 0.3) is 0 Å². The van der Waals surface area contributed by atoms with Crippen molar-refractivity contribution in [2.24, 2.45) is 0 Å². The lowest BCUT2D eigenvalue weighted by Gasteiger charge is -2.18. The SMILES string of the molecule is Cl[C@H](CN1CCCC1)c1ccccc1. The Morgan fingerprint density at radius 1 is 1.14 bits per heavy atom. The van der Waals surface area contributed by atoms with Crippen LogP contribution >= 0.6 is 11.6 Å². The summed E-state index contributed by atoms with van der Waals surface area (Å²) < 4.78 is 0. The van der Waals surface area contributed by atoms with E-state index >= 15 is 0 Å². The van der Waals surface area contributed by atoms with Crippen molar-refractivity contribution in [2.45, 2.75) is 18.2 Å². The third-order valence-corrected chi connectivity index (χ3v) is 3.17. The van der Waals surface area contributed by atoms with Gasteiger partial charge in [-0.3, -0.25) is 0 Å². The molecule has 76 valence electrons. The van der Waals surface area contributed by atoms with Gasteiger partial charge in [-0.05, 0) is 31.5 Å². The van der Waals surface area contributed by atoms with E-state index in [0.717, 1.165) is 6.54 Å². The van der Waals surface area contributed by atoms with Gasteiger partial charge in [0.1, 0.15) is 0 Å². The van der Waals surface area contributed by atoms with E-state index in [0.29, 0.717) is 0 Å². The topological polar surface area (TPSA) is 3.24 Å². The van der Waals surface area contributed by atoms with Crippen LogP contribution in [0.3, 0.4) is 0 Å². The minimum absolute atomic E-state index is 0.147. The second-order valence-electron chi connectivity index (χ2n) is 3.89. The van der Waals surface area contributed by atoms with Gasteiger partial charge in [0, 0.05) is 6.54 Å². The molecule has 1 fully saturated rings. The lowest BCUT2D eigenvalue weighted by molar-refractivity contribution is 0.339. The molecule has 0 radical (unpaired) electrons. The quantitative estimate of drug-likeness (QED) is 0.692. The van der Waals surface area contributed by atoms with Crippen molar-refractivity contribution in [3.8, 4) is 0 Å². The number of alkyl halides is 1. The number of hydrogen-bond donors (Lipinski definition) is 0. The number of halogens is 1. The molecule has 1 aromatic carbocycles. The van der Waals surface area contributed by atoms with Crippen LogP contribution in [-0.2, 0) is 0 Å². The minimum atomic E-state index is 0.147. The van der Waals surface area contributed by atoms with E-state index in [1.54, 1.807) is 0 Å². The van der Waals surface area contributed by atoms with Gasteiger partial charge in [-0.15, -0.1) is 11.6 Å². The molecular formula is C12H16ClN. The zero-order valence-corrected chi connectivity index (χ0v) is 9.08. The molecule has 2 heteroatoms. The zero-order chi connectivity index (χ0) is 9.80. The predicted molar refractivity (Wildman–Crippen MR) is 60.7 cm³/mol. The lowest BCUT2D eigenvalue weighted by Crippen LogP contribution is -2.23. The van der Waals surface area contributed by atoms with Gasteiger partial charge in [-0.2, -0.15) is 0 Å². The highest BCUT2D eigenvalue weighted by atomic mass is 35.5. The van der Waals surface area contributed by atoms with Crippen molar-refractivity contribution in [3.05, 3.63) is 35.9 Å². The van der Waals surface area contributed by atoms with E-state index in [2.05, 4.69) is 29.2 Å². The van der Waals surface area contributed by atoms with Crippen molar-refractivity contribution in [1.82, 2.24) is 4.90 Å². The highest BCUT2D eigenvalue weighted by molar-refractivity contribution is 6.21. The summed E-state index contributed by atoms with van der Waals surface area (Å²) in [5, 5.41) is 0.147. The first-order valence-corrected chi connectivity index (χ1v) is 5.71. The molecule has 0 amide bonds.